The molecule has 2 aliphatic rings. The van der Waals surface area contributed by atoms with E-state index in [2.05, 4.69) is 0 Å². The highest BCUT2D eigenvalue weighted by atomic mass is 16.5. The number of rotatable bonds is 8. The van der Waals surface area contributed by atoms with Crippen LogP contribution in [-0.4, -0.2) is 60.5 Å². The zero-order valence-corrected chi connectivity index (χ0v) is 17.9. The molecule has 1 aromatic carbocycles. The lowest BCUT2D eigenvalue weighted by Gasteiger charge is -2.33. The fourth-order valence-corrected chi connectivity index (χ4v) is 4.87. The van der Waals surface area contributed by atoms with Crippen molar-refractivity contribution in [3.63, 3.8) is 0 Å². The Morgan fingerprint density at radius 1 is 1.31 bits per heavy atom. The van der Waals surface area contributed by atoms with Crippen LogP contribution in [0.15, 0.2) is 18.2 Å². The smallest absolute Gasteiger partial charge is 0.248 e. The van der Waals surface area contributed by atoms with Crippen LogP contribution in [-0.2, 0) is 4.79 Å². The number of hydrogen-bond donors (Lipinski definition) is 2. The minimum atomic E-state index is -0.599. The van der Waals surface area contributed by atoms with Gasteiger partial charge in [0.25, 0.3) is 0 Å². The number of amides is 1. The number of hydrogen-bond acceptors (Lipinski definition) is 5. The first kappa shape index (κ1) is 21.9. The Labute approximate surface area is 173 Å². The van der Waals surface area contributed by atoms with E-state index in [1.165, 1.54) is 25.7 Å². The van der Waals surface area contributed by atoms with Crippen molar-refractivity contribution in [3.8, 4) is 11.5 Å². The molecule has 1 aromatic rings. The van der Waals surface area contributed by atoms with Crippen LogP contribution in [0.25, 0.3) is 0 Å². The van der Waals surface area contributed by atoms with Crippen LogP contribution in [0.4, 0.5) is 0 Å². The van der Waals surface area contributed by atoms with Gasteiger partial charge in [0.05, 0.1) is 19.8 Å². The maximum Gasteiger partial charge on any atom is 0.248 e. The van der Waals surface area contributed by atoms with Gasteiger partial charge in [-0.25, -0.2) is 0 Å². The SMILES string of the molecule is COc1ccc([C@@H]2CN(C(=O)CO)C[C@@]2(C)[C@@H](C)O)cc1OCCC1CCCC1. The molecule has 2 fully saturated rings. The summed E-state index contributed by atoms with van der Waals surface area (Å²) in [5, 5.41) is 19.8. The fourth-order valence-electron chi connectivity index (χ4n) is 4.87. The molecule has 1 aliphatic heterocycles. The Balaban J connectivity index is 1.79. The Morgan fingerprint density at radius 3 is 2.66 bits per heavy atom. The third-order valence-electron chi connectivity index (χ3n) is 7.02. The van der Waals surface area contributed by atoms with Crippen LogP contribution in [0.2, 0.25) is 0 Å². The molecule has 1 aliphatic carbocycles. The lowest BCUT2D eigenvalue weighted by molar-refractivity contribution is -0.133. The third kappa shape index (κ3) is 4.69. The van der Waals surface area contributed by atoms with Crippen molar-refractivity contribution in [3.05, 3.63) is 23.8 Å². The number of benzene rings is 1. The predicted octanol–water partition coefficient (Wildman–Crippen LogP) is 2.96. The summed E-state index contributed by atoms with van der Waals surface area (Å²) in [5.74, 6) is 1.81. The molecule has 1 saturated heterocycles. The van der Waals surface area contributed by atoms with Gasteiger partial charge in [0, 0.05) is 24.4 Å². The molecule has 6 heteroatoms. The molecule has 0 aromatic heterocycles. The standard InChI is InChI=1S/C23H35NO5/c1-16(26)23(2)15-24(22(27)14-25)13-19(23)18-8-9-20(28-3)21(12-18)29-11-10-17-6-4-5-7-17/h8-9,12,16-17,19,25-26H,4-7,10-11,13-15H2,1-3H3/t16-,19+,23+/m1/s1. The average molecular weight is 406 g/mol. The summed E-state index contributed by atoms with van der Waals surface area (Å²) in [7, 11) is 1.63. The number of nitrogens with zero attached hydrogens (tertiary/aromatic N) is 1. The normalized spacial score (nSPS) is 26.0. The van der Waals surface area contributed by atoms with Crippen molar-refractivity contribution in [1.82, 2.24) is 4.90 Å². The van der Waals surface area contributed by atoms with Crippen molar-refractivity contribution in [1.29, 1.82) is 0 Å². The molecular formula is C23H35NO5. The Hall–Kier alpha value is -1.79. The molecule has 0 spiro atoms. The van der Waals surface area contributed by atoms with E-state index in [1.807, 2.05) is 25.1 Å². The molecule has 0 bridgehead atoms. The summed E-state index contributed by atoms with van der Waals surface area (Å²) in [6, 6.07) is 5.88. The van der Waals surface area contributed by atoms with Crippen LogP contribution >= 0.6 is 0 Å². The van der Waals surface area contributed by atoms with Crippen molar-refractivity contribution >= 4 is 5.91 Å². The first-order valence-electron chi connectivity index (χ1n) is 10.8. The summed E-state index contributed by atoms with van der Waals surface area (Å²) >= 11 is 0. The van der Waals surface area contributed by atoms with Gasteiger partial charge >= 0.3 is 0 Å². The summed E-state index contributed by atoms with van der Waals surface area (Å²) in [4.78, 5) is 13.7. The van der Waals surface area contributed by atoms with Crippen molar-refractivity contribution in [2.75, 3.05) is 33.4 Å². The number of aliphatic hydroxyl groups excluding tert-OH is 2. The topological polar surface area (TPSA) is 79.2 Å². The lowest BCUT2D eigenvalue weighted by atomic mass is 9.72. The summed E-state index contributed by atoms with van der Waals surface area (Å²) in [6.07, 6.45) is 5.70. The first-order valence-corrected chi connectivity index (χ1v) is 10.8. The number of likely N-dealkylation sites (tertiary alicyclic amines) is 1. The zero-order valence-electron chi connectivity index (χ0n) is 17.9. The van der Waals surface area contributed by atoms with E-state index in [4.69, 9.17) is 9.47 Å². The van der Waals surface area contributed by atoms with E-state index in [-0.39, 0.29) is 11.8 Å². The van der Waals surface area contributed by atoms with E-state index >= 15 is 0 Å². The molecular weight excluding hydrogens is 370 g/mol. The van der Waals surface area contributed by atoms with E-state index in [0.717, 1.165) is 17.9 Å². The second kappa shape index (κ2) is 9.35. The number of methoxy groups -OCH3 is 1. The minimum absolute atomic E-state index is 0.0545. The molecule has 1 saturated carbocycles. The fraction of sp³-hybridized carbons (Fsp3) is 0.696. The zero-order chi connectivity index (χ0) is 21.0. The lowest BCUT2D eigenvalue weighted by Crippen LogP contribution is -2.38. The molecule has 3 atom stereocenters. The highest BCUT2D eigenvalue weighted by molar-refractivity contribution is 5.77. The largest absolute Gasteiger partial charge is 0.493 e. The molecule has 1 amide bonds. The van der Waals surface area contributed by atoms with Gasteiger partial charge in [-0.1, -0.05) is 38.7 Å². The maximum atomic E-state index is 12.1. The van der Waals surface area contributed by atoms with Crippen LogP contribution < -0.4 is 9.47 Å². The van der Waals surface area contributed by atoms with Crippen LogP contribution in [0.1, 0.15) is 57.4 Å². The minimum Gasteiger partial charge on any atom is -0.493 e. The quantitative estimate of drug-likeness (QED) is 0.695. The van der Waals surface area contributed by atoms with Crippen LogP contribution in [0.3, 0.4) is 0 Å². The van der Waals surface area contributed by atoms with Gasteiger partial charge in [0.2, 0.25) is 5.91 Å². The second-order valence-electron chi connectivity index (χ2n) is 8.86. The highest BCUT2D eigenvalue weighted by Crippen LogP contribution is 2.46. The van der Waals surface area contributed by atoms with Crippen molar-refractivity contribution < 1.29 is 24.5 Å². The molecule has 162 valence electrons. The Kier molecular flexibility index (Phi) is 7.06. The van der Waals surface area contributed by atoms with E-state index in [9.17, 15) is 15.0 Å². The maximum absolute atomic E-state index is 12.1. The summed E-state index contributed by atoms with van der Waals surface area (Å²) in [6.45, 7) is 4.80. The molecule has 29 heavy (non-hydrogen) atoms. The first-order chi connectivity index (χ1) is 13.9. The second-order valence-corrected chi connectivity index (χ2v) is 8.86. The van der Waals surface area contributed by atoms with Gasteiger partial charge < -0.3 is 24.6 Å². The van der Waals surface area contributed by atoms with Crippen molar-refractivity contribution in [2.45, 2.75) is 58.0 Å². The highest BCUT2D eigenvalue weighted by Gasteiger charge is 2.48. The predicted molar refractivity (Wildman–Crippen MR) is 111 cm³/mol. The molecule has 0 unspecified atom stereocenters. The molecule has 6 nitrogen and oxygen atoms in total. The third-order valence-corrected chi connectivity index (χ3v) is 7.02. The molecule has 3 rings (SSSR count). The van der Waals surface area contributed by atoms with Gasteiger partial charge in [-0.3, -0.25) is 4.79 Å². The van der Waals surface area contributed by atoms with Gasteiger partial charge in [-0.15, -0.1) is 0 Å². The average Bonchev–Trinajstić information content (AvgIpc) is 3.35. The number of carbonyl (C=O) groups excluding carboxylic acids is 1. The Morgan fingerprint density at radius 2 is 2.03 bits per heavy atom. The van der Waals surface area contributed by atoms with Gasteiger partial charge in [-0.2, -0.15) is 0 Å². The van der Waals surface area contributed by atoms with E-state index in [1.54, 1.807) is 18.9 Å². The molecule has 1 heterocycles. The number of carbonyl (C=O) groups is 1. The number of aliphatic hydroxyl groups is 2. The van der Waals surface area contributed by atoms with Crippen LogP contribution in [0, 0.1) is 11.3 Å². The van der Waals surface area contributed by atoms with Crippen molar-refractivity contribution in [2.24, 2.45) is 11.3 Å². The van der Waals surface area contributed by atoms with Gasteiger partial charge in [0.15, 0.2) is 11.5 Å². The summed E-state index contributed by atoms with van der Waals surface area (Å²) < 4.78 is 11.6. The van der Waals surface area contributed by atoms with E-state index < -0.39 is 18.1 Å². The monoisotopic (exact) mass is 405 g/mol. The molecule has 0 radical (unpaired) electrons. The van der Waals surface area contributed by atoms with Gasteiger partial charge in [0.1, 0.15) is 6.61 Å². The molecule has 2 N–H and O–H groups in total. The van der Waals surface area contributed by atoms with Crippen LogP contribution in [0.5, 0.6) is 11.5 Å². The summed E-state index contributed by atoms with van der Waals surface area (Å²) in [5.41, 5.74) is 0.513. The van der Waals surface area contributed by atoms with Gasteiger partial charge in [-0.05, 0) is 37.0 Å². The Bertz CT molecular complexity index is 701. The number of ether oxygens (including phenoxy) is 2. The van der Waals surface area contributed by atoms with E-state index in [0.29, 0.717) is 31.2 Å².